The molecule has 0 spiro atoms. The predicted octanol–water partition coefficient (Wildman–Crippen LogP) is 2.90. The van der Waals surface area contributed by atoms with Gasteiger partial charge in [0.1, 0.15) is 12.1 Å². The molecule has 0 radical (unpaired) electrons. The molecule has 0 aromatic heterocycles. The number of hydrogen-bond acceptors (Lipinski definition) is 4. The predicted molar refractivity (Wildman–Crippen MR) is 83.6 cm³/mol. The minimum Gasteiger partial charge on any atom is -0.480 e. The first kappa shape index (κ1) is 16.8. The van der Waals surface area contributed by atoms with Crippen LogP contribution in [-0.2, 0) is 9.47 Å². The van der Waals surface area contributed by atoms with Crippen molar-refractivity contribution in [2.75, 3.05) is 19.1 Å². The first-order valence-electron chi connectivity index (χ1n) is 7.06. The van der Waals surface area contributed by atoms with Gasteiger partial charge in [0.2, 0.25) is 11.8 Å². The highest BCUT2D eigenvalue weighted by Crippen LogP contribution is 2.19. The number of aliphatic imine (C=N–C) groups is 2. The van der Waals surface area contributed by atoms with Gasteiger partial charge in [-0.3, -0.25) is 0 Å². The van der Waals surface area contributed by atoms with Gasteiger partial charge in [0.25, 0.3) is 0 Å². The zero-order valence-corrected chi connectivity index (χ0v) is 13.4. The normalized spacial score (nSPS) is 21.7. The molecule has 0 aromatic carbocycles. The molecule has 0 N–H and O–H groups in total. The molecule has 1 aliphatic rings. The molecule has 1 rings (SSSR count). The standard InChI is InChI=1S/C15H23ClN2O2/c1-5-19-14-12(9-7-8-10-16)17-15(20-6-2)13(18-14)11(3)4/h11-13H,5-6,9-10H2,1-4H3. The van der Waals surface area contributed by atoms with Crippen LogP contribution < -0.4 is 0 Å². The summed E-state index contributed by atoms with van der Waals surface area (Å²) >= 11 is 5.56. The van der Waals surface area contributed by atoms with E-state index in [1.165, 1.54) is 0 Å². The van der Waals surface area contributed by atoms with Crippen molar-refractivity contribution in [3.05, 3.63) is 0 Å². The summed E-state index contributed by atoms with van der Waals surface area (Å²) in [7, 11) is 0. The Balaban J connectivity index is 2.96. The lowest BCUT2D eigenvalue weighted by molar-refractivity contribution is 0.276. The second-order valence-corrected chi connectivity index (χ2v) is 4.96. The Morgan fingerprint density at radius 1 is 1.10 bits per heavy atom. The summed E-state index contributed by atoms with van der Waals surface area (Å²) in [5, 5.41) is 0. The zero-order valence-electron chi connectivity index (χ0n) is 12.6. The summed E-state index contributed by atoms with van der Waals surface area (Å²) in [5.74, 6) is 7.80. The highest BCUT2D eigenvalue weighted by atomic mass is 35.5. The molecule has 0 fully saturated rings. The van der Waals surface area contributed by atoms with Gasteiger partial charge in [-0.15, -0.1) is 11.6 Å². The van der Waals surface area contributed by atoms with E-state index in [1.54, 1.807) is 0 Å². The summed E-state index contributed by atoms with van der Waals surface area (Å²) < 4.78 is 11.3. The van der Waals surface area contributed by atoms with Gasteiger partial charge in [0.05, 0.1) is 19.1 Å². The molecule has 1 aliphatic heterocycles. The first-order valence-corrected chi connectivity index (χ1v) is 7.60. The summed E-state index contributed by atoms with van der Waals surface area (Å²) in [5.41, 5.74) is 0. The first-order chi connectivity index (χ1) is 9.63. The van der Waals surface area contributed by atoms with Crippen LogP contribution in [0.4, 0.5) is 0 Å². The topological polar surface area (TPSA) is 43.2 Å². The van der Waals surface area contributed by atoms with Crippen molar-refractivity contribution in [2.24, 2.45) is 15.9 Å². The van der Waals surface area contributed by atoms with Gasteiger partial charge in [0.15, 0.2) is 0 Å². The molecule has 5 heteroatoms. The van der Waals surface area contributed by atoms with E-state index in [2.05, 4.69) is 35.7 Å². The number of rotatable bonds is 4. The third-order valence-electron chi connectivity index (χ3n) is 2.79. The minimum absolute atomic E-state index is 0.0752. The second kappa shape index (κ2) is 8.86. The lowest BCUT2D eigenvalue weighted by Gasteiger charge is -2.27. The summed E-state index contributed by atoms with van der Waals surface area (Å²) in [6.07, 6.45) is 0.549. The van der Waals surface area contributed by atoms with Crippen LogP contribution in [0.3, 0.4) is 0 Å². The van der Waals surface area contributed by atoms with Crippen molar-refractivity contribution in [2.45, 2.75) is 46.2 Å². The highest BCUT2D eigenvalue weighted by molar-refractivity contribution is 6.19. The molecule has 0 bridgehead atoms. The van der Waals surface area contributed by atoms with Crippen molar-refractivity contribution in [3.8, 4) is 11.8 Å². The maximum atomic E-state index is 5.63. The SMILES string of the molecule is CCOC1=NC(C(C)C)C(OCC)=NC1CC#CCCl. The van der Waals surface area contributed by atoms with Crippen molar-refractivity contribution >= 4 is 23.4 Å². The zero-order chi connectivity index (χ0) is 15.0. The Kier molecular flexibility index (Phi) is 7.46. The van der Waals surface area contributed by atoms with Gasteiger partial charge in [-0.05, 0) is 19.8 Å². The summed E-state index contributed by atoms with van der Waals surface area (Å²) in [6, 6.07) is -0.268. The van der Waals surface area contributed by atoms with Crippen molar-refractivity contribution < 1.29 is 9.47 Å². The summed E-state index contributed by atoms with van der Waals surface area (Å²) in [6.45, 7) is 9.24. The van der Waals surface area contributed by atoms with E-state index in [0.29, 0.717) is 43.2 Å². The molecule has 2 atom stereocenters. The maximum Gasteiger partial charge on any atom is 0.210 e. The van der Waals surface area contributed by atoms with Gasteiger partial charge in [0, 0.05) is 6.42 Å². The highest BCUT2D eigenvalue weighted by Gasteiger charge is 2.30. The molecule has 0 aliphatic carbocycles. The van der Waals surface area contributed by atoms with E-state index in [1.807, 2.05) is 13.8 Å². The quantitative estimate of drug-likeness (QED) is 0.591. The fraction of sp³-hybridized carbons (Fsp3) is 0.733. The van der Waals surface area contributed by atoms with Gasteiger partial charge >= 0.3 is 0 Å². The van der Waals surface area contributed by atoms with E-state index in [-0.39, 0.29) is 12.1 Å². The van der Waals surface area contributed by atoms with E-state index in [4.69, 9.17) is 21.1 Å². The minimum atomic E-state index is -0.192. The van der Waals surface area contributed by atoms with Crippen molar-refractivity contribution in [1.29, 1.82) is 0 Å². The third kappa shape index (κ3) is 4.72. The Morgan fingerprint density at radius 2 is 1.75 bits per heavy atom. The Hall–Kier alpha value is -1.21. The number of hydrogen-bond donors (Lipinski definition) is 0. The molecule has 0 saturated heterocycles. The molecular weight excluding hydrogens is 276 g/mol. The average molecular weight is 299 g/mol. The lowest BCUT2D eigenvalue weighted by Crippen LogP contribution is -2.38. The van der Waals surface area contributed by atoms with Crippen LogP contribution >= 0.6 is 11.6 Å². The maximum absolute atomic E-state index is 5.63. The van der Waals surface area contributed by atoms with Crippen LogP contribution in [0.2, 0.25) is 0 Å². The third-order valence-corrected chi connectivity index (χ3v) is 2.92. The van der Waals surface area contributed by atoms with Crippen LogP contribution in [0, 0.1) is 17.8 Å². The fourth-order valence-corrected chi connectivity index (χ4v) is 1.99. The molecule has 0 amide bonds. The van der Waals surface area contributed by atoms with Crippen molar-refractivity contribution in [1.82, 2.24) is 0 Å². The molecule has 20 heavy (non-hydrogen) atoms. The molecule has 0 saturated carbocycles. The molecule has 1 heterocycles. The van der Waals surface area contributed by atoms with Gasteiger partial charge in [-0.2, -0.15) is 0 Å². The molecule has 112 valence electrons. The van der Waals surface area contributed by atoms with Crippen LogP contribution in [0.1, 0.15) is 34.1 Å². The van der Waals surface area contributed by atoms with Crippen LogP contribution in [0.25, 0.3) is 0 Å². The molecule has 2 unspecified atom stereocenters. The second-order valence-electron chi connectivity index (χ2n) is 4.70. The molecule has 0 aromatic rings. The van der Waals surface area contributed by atoms with E-state index < -0.39 is 0 Å². The lowest BCUT2D eigenvalue weighted by atomic mass is 10.0. The van der Waals surface area contributed by atoms with Gasteiger partial charge < -0.3 is 9.47 Å². The number of ether oxygens (including phenoxy) is 2. The van der Waals surface area contributed by atoms with Crippen LogP contribution in [0.5, 0.6) is 0 Å². The largest absolute Gasteiger partial charge is 0.480 e. The van der Waals surface area contributed by atoms with Crippen LogP contribution in [-0.4, -0.2) is 43.0 Å². The average Bonchev–Trinajstić information content (AvgIpc) is 2.41. The van der Waals surface area contributed by atoms with E-state index >= 15 is 0 Å². The summed E-state index contributed by atoms with van der Waals surface area (Å²) in [4.78, 5) is 9.31. The molecular formula is C15H23ClN2O2. The fourth-order valence-electron chi connectivity index (χ4n) is 1.90. The Bertz CT molecular complexity index is 421. The van der Waals surface area contributed by atoms with E-state index in [9.17, 15) is 0 Å². The van der Waals surface area contributed by atoms with Crippen molar-refractivity contribution in [3.63, 3.8) is 0 Å². The van der Waals surface area contributed by atoms with E-state index in [0.717, 1.165) is 0 Å². The number of halogens is 1. The monoisotopic (exact) mass is 298 g/mol. The number of alkyl halides is 1. The van der Waals surface area contributed by atoms with Crippen LogP contribution in [0.15, 0.2) is 9.98 Å². The Labute approximate surface area is 126 Å². The van der Waals surface area contributed by atoms with Gasteiger partial charge in [-0.1, -0.05) is 25.7 Å². The molecule has 4 nitrogen and oxygen atoms in total. The Morgan fingerprint density at radius 3 is 2.30 bits per heavy atom. The number of nitrogens with zero attached hydrogens (tertiary/aromatic N) is 2. The van der Waals surface area contributed by atoms with Gasteiger partial charge in [-0.25, -0.2) is 9.98 Å². The smallest absolute Gasteiger partial charge is 0.210 e.